The maximum atomic E-state index is 12.9. The third kappa shape index (κ3) is 4.03. The number of nitrogens with zero attached hydrogens (tertiary/aromatic N) is 5. The summed E-state index contributed by atoms with van der Waals surface area (Å²) in [5, 5.41) is 18.3. The fraction of sp³-hybridized carbons (Fsp3) is 0.182. The van der Waals surface area contributed by atoms with Gasteiger partial charge in [-0.1, -0.05) is 12.1 Å². The Kier molecular flexibility index (Phi) is 5.38. The molecule has 4 aromatic rings. The van der Waals surface area contributed by atoms with E-state index in [1.807, 2.05) is 0 Å². The van der Waals surface area contributed by atoms with Crippen LogP contribution in [0.2, 0.25) is 0 Å². The molecule has 1 aliphatic heterocycles. The Labute approximate surface area is 191 Å². The second kappa shape index (κ2) is 8.65. The van der Waals surface area contributed by atoms with E-state index in [0.717, 1.165) is 0 Å². The highest BCUT2D eigenvalue weighted by Crippen LogP contribution is 2.32. The second-order valence-corrected chi connectivity index (χ2v) is 7.53. The minimum Gasteiger partial charge on any atom is -0.454 e. The van der Waals surface area contributed by atoms with Crippen LogP contribution in [0.25, 0.3) is 11.0 Å². The molecular weight excluding hydrogens is 444 g/mol. The van der Waals surface area contributed by atoms with Gasteiger partial charge in [0.25, 0.3) is 17.2 Å². The highest BCUT2D eigenvalue weighted by atomic mass is 16.7. The fourth-order valence-electron chi connectivity index (χ4n) is 3.65. The first-order valence-electron chi connectivity index (χ1n) is 10.3. The zero-order valence-electron chi connectivity index (χ0n) is 17.7. The van der Waals surface area contributed by atoms with Gasteiger partial charge in [0.1, 0.15) is 11.7 Å². The summed E-state index contributed by atoms with van der Waals surface area (Å²) in [4.78, 5) is 40.1. The predicted octanol–water partition coefficient (Wildman–Crippen LogP) is 1.71. The van der Waals surface area contributed by atoms with Gasteiger partial charge in [-0.15, -0.1) is 0 Å². The monoisotopic (exact) mass is 462 g/mol. The molecule has 2 aromatic heterocycles. The molecule has 0 spiro atoms. The SMILES string of the molecule is O=C(NCCn1ncc2c(=O)n(Cc3cccc([N+](=O)[O-])c3)cnc21)c1ccc2c(c1)OCO2. The Hall–Kier alpha value is -4.74. The number of hydrogen-bond acceptors (Lipinski definition) is 8. The van der Waals surface area contributed by atoms with Crippen molar-refractivity contribution in [3.8, 4) is 11.5 Å². The number of nitrogens with one attached hydrogen (secondary N) is 1. The molecule has 5 rings (SSSR count). The molecule has 12 heteroatoms. The number of carbonyl (C=O) groups excluding carboxylic acids is 1. The van der Waals surface area contributed by atoms with Crippen molar-refractivity contribution in [1.29, 1.82) is 0 Å². The zero-order chi connectivity index (χ0) is 23.7. The van der Waals surface area contributed by atoms with E-state index in [1.54, 1.807) is 30.3 Å². The van der Waals surface area contributed by atoms with Gasteiger partial charge in [-0.05, 0) is 23.8 Å². The number of non-ortho nitro benzene ring substituents is 1. The highest BCUT2D eigenvalue weighted by molar-refractivity contribution is 5.94. The van der Waals surface area contributed by atoms with E-state index < -0.39 is 4.92 Å². The molecule has 0 aliphatic carbocycles. The summed E-state index contributed by atoms with van der Waals surface area (Å²) in [5.41, 5.74) is 1.08. The standard InChI is InChI=1S/C22H18N6O6/c29-21(15-4-5-18-19(9-15)34-13-33-18)23-6-7-27-20-17(10-25-27)22(30)26(12-24-20)11-14-2-1-3-16(8-14)28(31)32/h1-5,8-10,12H,6-7,11,13H2,(H,23,29). The van der Waals surface area contributed by atoms with Crippen LogP contribution in [0.5, 0.6) is 11.5 Å². The number of aromatic nitrogens is 4. The average Bonchev–Trinajstić information content (AvgIpc) is 3.48. The Bertz CT molecular complexity index is 1480. The molecule has 1 N–H and O–H groups in total. The minimum atomic E-state index is -0.483. The first-order valence-corrected chi connectivity index (χ1v) is 10.3. The molecule has 12 nitrogen and oxygen atoms in total. The van der Waals surface area contributed by atoms with Crippen LogP contribution in [0.3, 0.4) is 0 Å². The quantitative estimate of drug-likeness (QED) is 0.323. The highest BCUT2D eigenvalue weighted by Gasteiger charge is 2.16. The smallest absolute Gasteiger partial charge is 0.269 e. The molecule has 3 heterocycles. The fourth-order valence-corrected chi connectivity index (χ4v) is 3.65. The number of fused-ring (bicyclic) bond motifs is 2. The Morgan fingerprint density at radius 3 is 2.88 bits per heavy atom. The Morgan fingerprint density at radius 1 is 1.18 bits per heavy atom. The predicted molar refractivity (Wildman–Crippen MR) is 119 cm³/mol. The summed E-state index contributed by atoms with van der Waals surface area (Å²) in [6, 6.07) is 11.0. The summed E-state index contributed by atoms with van der Waals surface area (Å²) in [6.07, 6.45) is 2.81. The van der Waals surface area contributed by atoms with Crippen molar-refractivity contribution >= 4 is 22.6 Å². The summed E-state index contributed by atoms with van der Waals surface area (Å²) in [6.45, 7) is 0.844. The van der Waals surface area contributed by atoms with Crippen LogP contribution in [0.1, 0.15) is 15.9 Å². The van der Waals surface area contributed by atoms with Crippen LogP contribution in [0, 0.1) is 10.1 Å². The number of ether oxygens (including phenoxy) is 2. The number of carbonyl (C=O) groups is 1. The second-order valence-electron chi connectivity index (χ2n) is 7.53. The number of nitro groups is 1. The molecule has 1 aliphatic rings. The largest absolute Gasteiger partial charge is 0.454 e. The summed E-state index contributed by atoms with van der Waals surface area (Å²) in [5.74, 6) is 0.847. The molecule has 34 heavy (non-hydrogen) atoms. The first kappa shape index (κ1) is 21.1. The van der Waals surface area contributed by atoms with E-state index in [2.05, 4.69) is 15.4 Å². The van der Waals surface area contributed by atoms with Gasteiger partial charge in [-0.3, -0.25) is 24.3 Å². The summed E-state index contributed by atoms with van der Waals surface area (Å²) < 4.78 is 13.4. The van der Waals surface area contributed by atoms with Gasteiger partial charge in [0.2, 0.25) is 6.79 Å². The lowest BCUT2D eigenvalue weighted by atomic mass is 10.2. The van der Waals surface area contributed by atoms with Crippen molar-refractivity contribution in [3.63, 3.8) is 0 Å². The van der Waals surface area contributed by atoms with Crippen LogP contribution >= 0.6 is 0 Å². The van der Waals surface area contributed by atoms with Crippen LogP contribution in [-0.2, 0) is 13.1 Å². The average molecular weight is 462 g/mol. The normalized spacial score (nSPS) is 12.1. The van der Waals surface area contributed by atoms with Gasteiger partial charge in [0.05, 0.1) is 24.2 Å². The topological polar surface area (TPSA) is 143 Å². The molecule has 0 bridgehead atoms. The van der Waals surface area contributed by atoms with Crippen LogP contribution in [-0.4, -0.2) is 43.5 Å². The lowest BCUT2D eigenvalue weighted by Gasteiger charge is -2.08. The minimum absolute atomic E-state index is 0.0461. The summed E-state index contributed by atoms with van der Waals surface area (Å²) >= 11 is 0. The van der Waals surface area contributed by atoms with Crippen LogP contribution in [0.4, 0.5) is 5.69 Å². The maximum Gasteiger partial charge on any atom is 0.269 e. The van der Waals surface area contributed by atoms with Gasteiger partial charge in [0, 0.05) is 24.2 Å². The van der Waals surface area contributed by atoms with Crippen molar-refractivity contribution in [2.45, 2.75) is 13.1 Å². The maximum absolute atomic E-state index is 12.9. The van der Waals surface area contributed by atoms with Crippen molar-refractivity contribution in [2.75, 3.05) is 13.3 Å². The molecule has 0 unspecified atom stereocenters. The molecule has 0 fully saturated rings. The lowest BCUT2D eigenvalue weighted by molar-refractivity contribution is -0.384. The van der Waals surface area contributed by atoms with E-state index >= 15 is 0 Å². The van der Waals surface area contributed by atoms with Gasteiger partial charge in [-0.25, -0.2) is 9.67 Å². The Balaban J connectivity index is 1.27. The molecule has 0 saturated carbocycles. The molecule has 0 atom stereocenters. The number of benzene rings is 2. The number of hydrogen-bond donors (Lipinski definition) is 1. The molecule has 1 amide bonds. The van der Waals surface area contributed by atoms with Crippen LogP contribution in [0.15, 0.2) is 59.8 Å². The number of rotatable bonds is 7. The third-order valence-electron chi connectivity index (χ3n) is 5.34. The van der Waals surface area contributed by atoms with Crippen molar-refractivity contribution in [1.82, 2.24) is 24.6 Å². The molecular formula is C22H18N6O6. The number of nitro benzene ring substituents is 1. The van der Waals surface area contributed by atoms with E-state index in [9.17, 15) is 19.7 Å². The zero-order valence-corrected chi connectivity index (χ0v) is 17.7. The molecule has 0 radical (unpaired) electrons. The lowest BCUT2D eigenvalue weighted by Crippen LogP contribution is -2.27. The molecule has 172 valence electrons. The van der Waals surface area contributed by atoms with E-state index in [1.165, 1.54) is 33.9 Å². The van der Waals surface area contributed by atoms with Crippen molar-refractivity contribution in [2.24, 2.45) is 0 Å². The van der Waals surface area contributed by atoms with Gasteiger partial charge < -0.3 is 14.8 Å². The van der Waals surface area contributed by atoms with Gasteiger partial charge in [-0.2, -0.15) is 5.10 Å². The van der Waals surface area contributed by atoms with Gasteiger partial charge in [0.15, 0.2) is 17.1 Å². The molecule has 2 aromatic carbocycles. The van der Waals surface area contributed by atoms with Crippen molar-refractivity contribution in [3.05, 3.63) is 86.6 Å². The van der Waals surface area contributed by atoms with E-state index in [4.69, 9.17) is 9.47 Å². The molecule has 0 saturated heterocycles. The van der Waals surface area contributed by atoms with Gasteiger partial charge >= 0.3 is 0 Å². The van der Waals surface area contributed by atoms with Crippen LogP contribution < -0.4 is 20.3 Å². The Morgan fingerprint density at radius 2 is 2.03 bits per heavy atom. The number of amides is 1. The van der Waals surface area contributed by atoms with E-state index in [0.29, 0.717) is 40.2 Å². The first-order chi connectivity index (χ1) is 16.5. The van der Waals surface area contributed by atoms with Crippen molar-refractivity contribution < 1.29 is 19.2 Å². The summed E-state index contributed by atoms with van der Waals surface area (Å²) in [7, 11) is 0. The third-order valence-corrected chi connectivity index (χ3v) is 5.34. The van der Waals surface area contributed by atoms with E-state index in [-0.39, 0.29) is 37.0 Å².